The van der Waals surface area contributed by atoms with Crippen molar-refractivity contribution in [2.45, 2.75) is 25.9 Å². The molecule has 1 heterocycles. The van der Waals surface area contributed by atoms with Crippen LogP contribution in [0.25, 0.3) is 0 Å². The van der Waals surface area contributed by atoms with Gasteiger partial charge in [-0.3, -0.25) is 9.69 Å². The molecule has 0 bridgehead atoms. The van der Waals surface area contributed by atoms with Crippen molar-refractivity contribution < 1.29 is 4.79 Å². The standard InChI is InChI=1S/C15H21Cl2N3O.2ClH/c1-10(13-4-3-12(16)9-14(13)17)19-15(21)11(2)20-7-5-18-6-8-20;;/h3-4,9-11,18H,5-8H2,1-2H3,(H,19,21);2*1H. The third-order valence-electron chi connectivity index (χ3n) is 3.87. The number of halogens is 4. The fraction of sp³-hybridized carbons (Fsp3) is 0.533. The molecule has 0 aliphatic carbocycles. The topological polar surface area (TPSA) is 44.4 Å². The van der Waals surface area contributed by atoms with Crippen molar-refractivity contribution in [3.05, 3.63) is 33.8 Å². The predicted octanol–water partition coefficient (Wildman–Crippen LogP) is 3.31. The Hall–Kier alpha value is -0.230. The molecular formula is C15H23Cl4N3O. The highest BCUT2D eigenvalue weighted by Crippen LogP contribution is 2.26. The summed E-state index contributed by atoms with van der Waals surface area (Å²) in [6.07, 6.45) is 0. The Kier molecular flexibility index (Phi) is 10.5. The predicted molar refractivity (Wildman–Crippen MR) is 101 cm³/mol. The van der Waals surface area contributed by atoms with Crippen LogP contribution in [0.4, 0.5) is 0 Å². The number of hydrogen-bond acceptors (Lipinski definition) is 3. The third-order valence-corrected chi connectivity index (χ3v) is 4.43. The molecule has 1 aromatic carbocycles. The van der Waals surface area contributed by atoms with Crippen LogP contribution in [0.15, 0.2) is 18.2 Å². The zero-order chi connectivity index (χ0) is 15.4. The highest BCUT2D eigenvalue weighted by atomic mass is 35.5. The van der Waals surface area contributed by atoms with Gasteiger partial charge in [0.25, 0.3) is 0 Å². The van der Waals surface area contributed by atoms with Gasteiger partial charge in [-0.05, 0) is 31.5 Å². The van der Waals surface area contributed by atoms with Crippen molar-refractivity contribution in [3.8, 4) is 0 Å². The molecule has 2 N–H and O–H groups in total. The van der Waals surface area contributed by atoms with Crippen molar-refractivity contribution in [2.75, 3.05) is 26.2 Å². The maximum Gasteiger partial charge on any atom is 0.237 e. The van der Waals surface area contributed by atoms with Gasteiger partial charge in [0.2, 0.25) is 5.91 Å². The summed E-state index contributed by atoms with van der Waals surface area (Å²) in [6.45, 7) is 7.51. The molecule has 1 amide bonds. The third kappa shape index (κ3) is 6.29. The van der Waals surface area contributed by atoms with Crippen molar-refractivity contribution in [3.63, 3.8) is 0 Å². The van der Waals surface area contributed by atoms with E-state index in [1.54, 1.807) is 12.1 Å². The zero-order valence-corrected chi connectivity index (χ0v) is 16.3. The van der Waals surface area contributed by atoms with E-state index >= 15 is 0 Å². The first-order chi connectivity index (χ1) is 9.99. The van der Waals surface area contributed by atoms with Gasteiger partial charge in [-0.2, -0.15) is 0 Å². The van der Waals surface area contributed by atoms with Crippen LogP contribution in [0.5, 0.6) is 0 Å². The lowest BCUT2D eigenvalue weighted by atomic mass is 10.1. The van der Waals surface area contributed by atoms with Gasteiger partial charge >= 0.3 is 0 Å². The summed E-state index contributed by atoms with van der Waals surface area (Å²) in [5.74, 6) is 0.0235. The van der Waals surface area contributed by atoms with E-state index in [2.05, 4.69) is 15.5 Å². The molecule has 2 atom stereocenters. The molecule has 8 heteroatoms. The number of piperazine rings is 1. The van der Waals surface area contributed by atoms with E-state index < -0.39 is 0 Å². The maximum atomic E-state index is 12.4. The summed E-state index contributed by atoms with van der Waals surface area (Å²) < 4.78 is 0. The molecular weight excluding hydrogens is 380 g/mol. The molecule has 1 aliphatic heterocycles. The van der Waals surface area contributed by atoms with Crippen LogP contribution in [-0.4, -0.2) is 43.0 Å². The van der Waals surface area contributed by atoms with E-state index in [0.29, 0.717) is 10.0 Å². The van der Waals surface area contributed by atoms with Crippen LogP contribution >= 0.6 is 48.0 Å². The normalized spacial score (nSPS) is 17.4. The second-order valence-corrected chi connectivity index (χ2v) is 6.20. The molecule has 0 radical (unpaired) electrons. The first-order valence-corrected chi connectivity index (χ1v) is 7.94. The van der Waals surface area contributed by atoms with Gasteiger partial charge < -0.3 is 10.6 Å². The molecule has 1 saturated heterocycles. The SMILES string of the molecule is CC(NC(=O)C(C)N1CCNCC1)c1ccc(Cl)cc1Cl.Cl.Cl. The monoisotopic (exact) mass is 401 g/mol. The zero-order valence-electron chi connectivity index (χ0n) is 13.1. The Morgan fingerprint density at radius 3 is 2.39 bits per heavy atom. The van der Waals surface area contributed by atoms with Gasteiger partial charge in [0, 0.05) is 36.2 Å². The number of nitrogens with zero attached hydrogens (tertiary/aromatic N) is 1. The van der Waals surface area contributed by atoms with Crippen molar-refractivity contribution in [2.24, 2.45) is 0 Å². The smallest absolute Gasteiger partial charge is 0.237 e. The molecule has 23 heavy (non-hydrogen) atoms. The van der Waals surface area contributed by atoms with Crippen molar-refractivity contribution in [1.82, 2.24) is 15.5 Å². The summed E-state index contributed by atoms with van der Waals surface area (Å²) in [5, 5.41) is 7.48. The molecule has 0 aromatic heterocycles. The number of benzene rings is 1. The molecule has 2 rings (SSSR count). The number of hydrogen-bond donors (Lipinski definition) is 2. The van der Waals surface area contributed by atoms with Crippen molar-refractivity contribution in [1.29, 1.82) is 0 Å². The van der Waals surface area contributed by atoms with Crippen LogP contribution in [0.3, 0.4) is 0 Å². The van der Waals surface area contributed by atoms with Crippen LogP contribution in [-0.2, 0) is 4.79 Å². The Bertz CT molecular complexity index is 509. The minimum atomic E-state index is -0.146. The average molecular weight is 403 g/mol. The van der Waals surface area contributed by atoms with Crippen molar-refractivity contribution >= 4 is 53.9 Å². The molecule has 0 spiro atoms. The van der Waals surface area contributed by atoms with E-state index in [9.17, 15) is 4.79 Å². The highest BCUT2D eigenvalue weighted by molar-refractivity contribution is 6.35. The first-order valence-electron chi connectivity index (χ1n) is 7.19. The Morgan fingerprint density at radius 2 is 1.83 bits per heavy atom. The number of nitrogens with one attached hydrogen (secondary N) is 2. The molecule has 2 unspecified atom stereocenters. The molecule has 4 nitrogen and oxygen atoms in total. The van der Waals surface area contributed by atoms with Crippen LogP contribution in [0.1, 0.15) is 25.5 Å². The molecule has 0 saturated carbocycles. The number of carbonyl (C=O) groups excluding carboxylic acids is 1. The lowest BCUT2D eigenvalue weighted by molar-refractivity contribution is -0.126. The van der Waals surface area contributed by atoms with Gasteiger partial charge in [0.05, 0.1) is 12.1 Å². The van der Waals surface area contributed by atoms with Gasteiger partial charge in [0.1, 0.15) is 0 Å². The number of rotatable bonds is 4. The largest absolute Gasteiger partial charge is 0.348 e. The molecule has 1 fully saturated rings. The highest BCUT2D eigenvalue weighted by Gasteiger charge is 2.24. The van der Waals surface area contributed by atoms with E-state index in [-0.39, 0.29) is 42.8 Å². The van der Waals surface area contributed by atoms with E-state index in [0.717, 1.165) is 31.7 Å². The van der Waals surface area contributed by atoms with Crippen LogP contribution in [0, 0.1) is 0 Å². The summed E-state index contributed by atoms with van der Waals surface area (Å²) >= 11 is 12.1. The van der Waals surface area contributed by atoms with Crippen LogP contribution in [0.2, 0.25) is 10.0 Å². The lowest BCUT2D eigenvalue weighted by Crippen LogP contribution is -2.52. The van der Waals surface area contributed by atoms with Crippen LogP contribution < -0.4 is 10.6 Å². The summed E-state index contributed by atoms with van der Waals surface area (Å²) in [6, 6.07) is 5.05. The molecule has 1 aliphatic rings. The Morgan fingerprint density at radius 1 is 1.22 bits per heavy atom. The summed E-state index contributed by atoms with van der Waals surface area (Å²) in [7, 11) is 0. The fourth-order valence-corrected chi connectivity index (χ4v) is 3.07. The summed E-state index contributed by atoms with van der Waals surface area (Å²) in [5.41, 5.74) is 0.877. The number of amides is 1. The second kappa shape index (κ2) is 10.6. The van der Waals surface area contributed by atoms with E-state index in [1.807, 2.05) is 19.9 Å². The summed E-state index contributed by atoms with van der Waals surface area (Å²) in [4.78, 5) is 14.5. The quantitative estimate of drug-likeness (QED) is 0.811. The Balaban J connectivity index is 0.00000242. The molecule has 1 aromatic rings. The van der Waals surface area contributed by atoms with E-state index in [1.165, 1.54) is 0 Å². The average Bonchev–Trinajstić information content (AvgIpc) is 2.47. The minimum absolute atomic E-state index is 0. The fourth-order valence-electron chi connectivity index (χ4n) is 2.50. The maximum absolute atomic E-state index is 12.4. The first kappa shape index (κ1) is 22.8. The van der Waals surface area contributed by atoms with E-state index in [4.69, 9.17) is 23.2 Å². The Labute approximate surface area is 160 Å². The number of carbonyl (C=O) groups is 1. The van der Waals surface area contributed by atoms with Gasteiger partial charge in [-0.25, -0.2) is 0 Å². The van der Waals surface area contributed by atoms with Gasteiger partial charge in [0.15, 0.2) is 0 Å². The lowest BCUT2D eigenvalue weighted by Gasteiger charge is -2.32. The minimum Gasteiger partial charge on any atom is -0.348 e. The second-order valence-electron chi connectivity index (χ2n) is 5.36. The van der Waals surface area contributed by atoms with Gasteiger partial charge in [-0.15, -0.1) is 24.8 Å². The molecule has 132 valence electrons. The van der Waals surface area contributed by atoms with Gasteiger partial charge in [-0.1, -0.05) is 29.3 Å².